The van der Waals surface area contributed by atoms with Gasteiger partial charge in [0.25, 0.3) is 10.1 Å². The van der Waals surface area contributed by atoms with Crippen molar-refractivity contribution < 1.29 is 32.0 Å². The molecule has 1 aromatic rings. The summed E-state index contributed by atoms with van der Waals surface area (Å²) in [6, 6.07) is 3.17. The van der Waals surface area contributed by atoms with E-state index in [9.17, 15) is 22.6 Å². The van der Waals surface area contributed by atoms with Crippen LogP contribution in [0.3, 0.4) is 0 Å². The van der Waals surface area contributed by atoms with Gasteiger partial charge in [0.05, 0.1) is 28.2 Å². The molecule has 0 amide bonds. The Morgan fingerprint density at radius 1 is 0.828 bits per heavy atom. The van der Waals surface area contributed by atoms with E-state index in [4.69, 9.17) is 9.47 Å². The molecule has 0 heterocycles. The first-order valence-electron chi connectivity index (χ1n) is 9.34. The predicted molar refractivity (Wildman–Crippen MR) is 113 cm³/mol. The van der Waals surface area contributed by atoms with Gasteiger partial charge >= 0.3 is 49.7 Å². The molecule has 0 saturated heterocycles. The first kappa shape index (κ1) is 28.3. The van der Waals surface area contributed by atoms with Gasteiger partial charge in [-0.2, -0.15) is 8.42 Å². The Bertz CT molecular complexity index is 755. The summed E-state index contributed by atoms with van der Waals surface area (Å²) in [5.41, 5.74) is -0.289. The fraction of sp³-hybridized carbons (Fsp3) is 0.600. The molecule has 2 atom stereocenters. The maximum absolute atomic E-state index is 12.4. The Kier molecular flexibility index (Phi) is 12.0. The Morgan fingerprint density at radius 2 is 1.17 bits per heavy atom. The van der Waals surface area contributed by atoms with Crippen LogP contribution in [0.15, 0.2) is 23.1 Å². The molecule has 1 rings (SSSR count). The molecule has 2 unspecified atom stereocenters. The Hall–Kier alpha value is -0.670. The van der Waals surface area contributed by atoms with E-state index in [1.807, 2.05) is 27.7 Å². The molecule has 1 aromatic carbocycles. The van der Waals surface area contributed by atoms with E-state index >= 15 is 0 Å². The molecule has 0 spiro atoms. The topological polar surface area (TPSA) is 107 Å². The number of carbonyl (C=O) groups is 2. The van der Waals surface area contributed by atoms with Crippen LogP contribution in [-0.2, 0) is 19.6 Å². The van der Waals surface area contributed by atoms with Gasteiger partial charge in [-0.3, -0.25) is 4.55 Å². The van der Waals surface area contributed by atoms with Crippen LogP contribution >= 0.6 is 0 Å². The van der Waals surface area contributed by atoms with Gasteiger partial charge in [0, 0.05) is 0 Å². The van der Waals surface area contributed by atoms with Crippen LogP contribution in [0.4, 0.5) is 0 Å². The summed E-state index contributed by atoms with van der Waals surface area (Å²) in [6.07, 6.45) is 0.489. The van der Waals surface area contributed by atoms with Gasteiger partial charge in [-0.25, -0.2) is 9.59 Å². The molecule has 0 fully saturated rings. The molecule has 1 N–H and O–H groups in total. The van der Waals surface area contributed by atoms with Crippen molar-refractivity contribution in [3.8, 4) is 0 Å². The average molecular weight is 457 g/mol. The van der Waals surface area contributed by atoms with Crippen molar-refractivity contribution in [3.05, 3.63) is 29.3 Å². The summed E-state index contributed by atoms with van der Waals surface area (Å²) < 4.78 is 43.1. The van der Waals surface area contributed by atoms with Gasteiger partial charge in [-0.1, -0.05) is 27.7 Å². The first-order chi connectivity index (χ1) is 12.8. The molecule has 0 aromatic heterocycles. The number of ether oxygens (including phenoxy) is 2. The van der Waals surface area contributed by atoms with E-state index in [0.717, 1.165) is 12.1 Å². The monoisotopic (exact) mass is 456 g/mol. The molecule has 29 heavy (non-hydrogen) atoms. The van der Waals surface area contributed by atoms with Crippen molar-refractivity contribution in [1.82, 2.24) is 0 Å². The molecule has 0 saturated carbocycles. The normalized spacial score (nSPS) is 13.6. The number of benzene rings is 1. The second-order valence-corrected chi connectivity index (χ2v) is 9.33. The van der Waals surface area contributed by atoms with Crippen molar-refractivity contribution in [1.29, 1.82) is 0 Å². The third-order valence-corrected chi connectivity index (χ3v) is 4.73. The molecular weight excluding hydrogens is 424 g/mol. The van der Waals surface area contributed by atoms with Crippen molar-refractivity contribution in [2.45, 2.75) is 71.5 Å². The molecule has 0 bridgehead atoms. The summed E-state index contributed by atoms with van der Waals surface area (Å²) in [7, 11) is -4.63. The zero-order chi connectivity index (χ0) is 21.6. The van der Waals surface area contributed by atoms with Crippen LogP contribution in [0, 0.1) is 11.8 Å². The number of esters is 2. The third kappa shape index (κ3) is 10.3. The van der Waals surface area contributed by atoms with Crippen molar-refractivity contribution in [2.24, 2.45) is 11.8 Å². The SMILES string of the molecule is CC(C)CC(C)OC(=O)c1cc(C(=O)OC(C)CC(C)C)cc(S(=O)(=O)O)c1.[CaH2]. The van der Waals surface area contributed by atoms with Crippen molar-refractivity contribution in [3.63, 3.8) is 0 Å². The van der Waals surface area contributed by atoms with Gasteiger partial charge < -0.3 is 9.47 Å². The van der Waals surface area contributed by atoms with Crippen LogP contribution in [0.1, 0.15) is 75.1 Å². The standard InChI is InChI=1S/C20H30O7S.Ca.2H/c1-12(2)7-14(5)26-19(21)16-9-17(11-18(10-16)28(23,24)25)20(22)27-15(6)8-13(3)4;;;/h9-15H,7-8H2,1-6H3,(H,23,24,25);;;. The van der Waals surface area contributed by atoms with E-state index in [1.165, 1.54) is 6.07 Å². The Morgan fingerprint density at radius 3 is 1.45 bits per heavy atom. The molecule has 162 valence electrons. The van der Waals surface area contributed by atoms with Crippen LogP contribution in [0.25, 0.3) is 0 Å². The van der Waals surface area contributed by atoms with E-state index in [-0.39, 0.29) is 61.1 Å². The molecular formula is C20H32CaO7S. The third-order valence-electron chi connectivity index (χ3n) is 3.90. The Balaban J connectivity index is 0.00000784. The first-order valence-corrected chi connectivity index (χ1v) is 10.8. The van der Waals surface area contributed by atoms with Crippen molar-refractivity contribution >= 4 is 59.8 Å². The van der Waals surface area contributed by atoms with Gasteiger partial charge in [0.1, 0.15) is 0 Å². The van der Waals surface area contributed by atoms with E-state index in [1.54, 1.807) is 13.8 Å². The van der Waals surface area contributed by atoms with E-state index < -0.39 is 27.0 Å². The second kappa shape index (κ2) is 12.2. The van der Waals surface area contributed by atoms with Crippen LogP contribution in [0.5, 0.6) is 0 Å². The minimum atomic E-state index is -4.63. The number of carbonyl (C=O) groups excluding carboxylic acids is 2. The van der Waals surface area contributed by atoms with Gasteiger partial charge in [-0.05, 0) is 56.7 Å². The molecule has 0 aliphatic carbocycles. The van der Waals surface area contributed by atoms with Crippen LogP contribution < -0.4 is 0 Å². The van der Waals surface area contributed by atoms with Crippen molar-refractivity contribution in [2.75, 3.05) is 0 Å². The van der Waals surface area contributed by atoms with Crippen LogP contribution in [-0.4, -0.2) is 74.9 Å². The van der Waals surface area contributed by atoms with Gasteiger partial charge in [0.2, 0.25) is 0 Å². The summed E-state index contributed by atoms with van der Waals surface area (Å²) in [5, 5.41) is 0. The zero-order valence-electron chi connectivity index (χ0n) is 17.3. The molecule has 0 radical (unpaired) electrons. The molecule has 7 nitrogen and oxygen atoms in total. The summed E-state index contributed by atoms with van der Waals surface area (Å²) in [4.78, 5) is 24.2. The van der Waals surface area contributed by atoms with Gasteiger partial charge in [-0.15, -0.1) is 0 Å². The minimum absolute atomic E-state index is 0. The summed E-state index contributed by atoms with van der Waals surface area (Å²) >= 11 is 0. The number of rotatable bonds is 9. The average Bonchev–Trinajstić information content (AvgIpc) is 2.51. The summed E-state index contributed by atoms with van der Waals surface area (Å²) in [5.74, 6) is -0.939. The van der Waals surface area contributed by atoms with Crippen LogP contribution in [0.2, 0.25) is 0 Å². The van der Waals surface area contributed by atoms with E-state index in [2.05, 4.69) is 0 Å². The fourth-order valence-corrected chi connectivity index (χ4v) is 3.46. The second-order valence-electron chi connectivity index (χ2n) is 7.91. The molecule has 0 aliphatic heterocycles. The number of hydrogen-bond acceptors (Lipinski definition) is 6. The van der Waals surface area contributed by atoms with Gasteiger partial charge in [0.15, 0.2) is 0 Å². The molecule has 0 aliphatic rings. The fourth-order valence-electron chi connectivity index (χ4n) is 2.91. The summed E-state index contributed by atoms with van der Waals surface area (Å²) in [6.45, 7) is 11.4. The zero-order valence-corrected chi connectivity index (χ0v) is 18.1. The maximum atomic E-state index is 12.4. The quantitative estimate of drug-likeness (QED) is 0.345. The predicted octanol–water partition coefficient (Wildman–Crippen LogP) is 3.20. The van der Waals surface area contributed by atoms with E-state index in [0.29, 0.717) is 24.7 Å². The molecule has 9 heteroatoms. The Labute approximate surface area is 203 Å². The number of hydrogen-bond donors (Lipinski definition) is 1.